The van der Waals surface area contributed by atoms with Crippen LogP contribution in [0.15, 0.2) is 0 Å². The Morgan fingerprint density at radius 3 is 2.74 bits per heavy atom. The highest BCUT2D eigenvalue weighted by Crippen LogP contribution is 2.04. The van der Waals surface area contributed by atoms with E-state index in [4.69, 9.17) is 10.5 Å². The molecule has 1 aliphatic rings. The van der Waals surface area contributed by atoms with Crippen molar-refractivity contribution in [3.8, 4) is 0 Å². The molecule has 1 atom stereocenters. The number of carbonyl (C=O) groups excluding carboxylic acids is 2. The Labute approximate surface area is 114 Å². The average Bonchev–Trinajstić information content (AvgIpc) is 2.36. The number of nitrogens with one attached hydrogen (secondary N) is 1. The number of carbonyl (C=O) groups is 2. The van der Waals surface area contributed by atoms with Crippen LogP contribution in [0.2, 0.25) is 0 Å². The number of amides is 2. The molecule has 0 aromatic heterocycles. The molecular weight excluding hydrogens is 246 g/mol. The summed E-state index contributed by atoms with van der Waals surface area (Å²) in [6.45, 7) is 6.46. The first-order chi connectivity index (χ1) is 9.08. The number of hydrogen-bond acceptors (Lipinski definition) is 4. The minimum atomic E-state index is -0.317. The van der Waals surface area contributed by atoms with Crippen molar-refractivity contribution in [2.24, 2.45) is 11.7 Å². The predicted molar refractivity (Wildman–Crippen MR) is 72.2 cm³/mol. The van der Waals surface area contributed by atoms with Gasteiger partial charge in [0.1, 0.15) is 0 Å². The van der Waals surface area contributed by atoms with Gasteiger partial charge in [0.05, 0.1) is 13.2 Å². The summed E-state index contributed by atoms with van der Waals surface area (Å²) in [5.41, 5.74) is 5.09. The Balaban J connectivity index is 2.02. The maximum absolute atomic E-state index is 11.6. The summed E-state index contributed by atoms with van der Waals surface area (Å²) in [7, 11) is 0. The summed E-state index contributed by atoms with van der Waals surface area (Å²) in [4.78, 5) is 24.5. The smallest absolute Gasteiger partial charge is 0.221 e. The fraction of sp³-hybridized carbons (Fsp3) is 0.769. The van der Waals surface area contributed by atoms with Gasteiger partial charge in [-0.25, -0.2) is 0 Å². The van der Waals surface area contributed by atoms with Crippen LogP contribution in [-0.4, -0.2) is 56.1 Å². The standard InChI is InChI=1S/C13H24N3O3/c1-11(10-12(14)17)2-4-15-13(18)3-5-16-6-8-19-9-7-16/h2,11H,3-10H2,1H3,(H2,14,17)(H,15,18)/t11-/m0/s1. The Kier molecular flexibility index (Phi) is 7.43. The highest BCUT2D eigenvalue weighted by atomic mass is 16.5. The molecule has 1 aliphatic heterocycles. The lowest BCUT2D eigenvalue weighted by atomic mass is 10.0. The molecule has 0 aromatic carbocycles. The van der Waals surface area contributed by atoms with E-state index in [1.165, 1.54) is 0 Å². The maximum atomic E-state index is 11.6. The van der Waals surface area contributed by atoms with Crippen molar-refractivity contribution in [1.82, 2.24) is 10.2 Å². The first kappa shape index (κ1) is 15.9. The molecule has 6 heteroatoms. The van der Waals surface area contributed by atoms with E-state index < -0.39 is 0 Å². The topological polar surface area (TPSA) is 84.7 Å². The Morgan fingerprint density at radius 1 is 1.42 bits per heavy atom. The maximum Gasteiger partial charge on any atom is 0.221 e. The van der Waals surface area contributed by atoms with Gasteiger partial charge in [0.25, 0.3) is 0 Å². The third kappa shape index (κ3) is 7.79. The highest BCUT2D eigenvalue weighted by molar-refractivity contribution is 5.76. The number of rotatable bonds is 8. The van der Waals surface area contributed by atoms with Crippen LogP contribution >= 0.6 is 0 Å². The molecule has 1 rings (SSSR count). The highest BCUT2D eigenvalue weighted by Gasteiger charge is 2.12. The van der Waals surface area contributed by atoms with Crippen LogP contribution in [0.25, 0.3) is 0 Å². The third-order valence-corrected chi connectivity index (χ3v) is 3.10. The second-order valence-corrected chi connectivity index (χ2v) is 4.89. The minimum Gasteiger partial charge on any atom is -0.379 e. The second kappa shape index (κ2) is 8.87. The quantitative estimate of drug-likeness (QED) is 0.625. The van der Waals surface area contributed by atoms with Crippen molar-refractivity contribution < 1.29 is 14.3 Å². The molecule has 1 heterocycles. The fourth-order valence-electron chi connectivity index (χ4n) is 1.95. The van der Waals surface area contributed by atoms with Gasteiger partial charge in [0.2, 0.25) is 11.8 Å². The molecule has 1 saturated heterocycles. The number of ether oxygens (including phenoxy) is 1. The van der Waals surface area contributed by atoms with Gasteiger partial charge in [0, 0.05) is 39.0 Å². The van der Waals surface area contributed by atoms with Gasteiger partial charge in [-0.1, -0.05) is 6.92 Å². The molecule has 1 radical (unpaired) electrons. The summed E-state index contributed by atoms with van der Waals surface area (Å²) in [5.74, 6) is -0.187. The van der Waals surface area contributed by atoms with Crippen molar-refractivity contribution in [2.75, 3.05) is 39.4 Å². The number of hydrogen-bond donors (Lipinski definition) is 2. The van der Waals surface area contributed by atoms with Crippen LogP contribution in [-0.2, 0) is 14.3 Å². The van der Waals surface area contributed by atoms with Crippen LogP contribution in [0.4, 0.5) is 0 Å². The van der Waals surface area contributed by atoms with Crippen molar-refractivity contribution in [2.45, 2.75) is 19.8 Å². The zero-order valence-corrected chi connectivity index (χ0v) is 11.6. The lowest BCUT2D eigenvalue weighted by Crippen LogP contribution is -2.39. The van der Waals surface area contributed by atoms with Crippen molar-refractivity contribution in [3.05, 3.63) is 6.42 Å². The fourth-order valence-corrected chi connectivity index (χ4v) is 1.95. The molecule has 109 valence electrons. The van der Waals surface area contributed by atoms with Crippen LogP contribution in [0.5, 0.6) is 0 Å². The van der Waals surface area contributed by atoms with Crippen LogP contribution < -0.4 is 11.1 Å². The van der Waals surface area contributed by atoms with Gasteiger partial charge in [-0.15, -0.1) is 0 Å². The molecule has 0 unspecified atom stereocenters. The summed E-state index contributed by atoms with van der Waals surface area (Å²) in [6.07, 6.45) is 2.72. The van der Waals surface area contributed by atoms with Crippen molar-refractivity contribution in [3.63, 3.8) is 0 Å². The number of nitrogens with zero attached hydrogens (tertiary/aromatic N) is 1. The lowest BCUT2D eigenvalue weighted by molar-refractivity contribution is -0.121. The lowest BCUT2D eigenvalue weighted by Gasteiger charge is -2.26. The van der Waals surface area contributed by atoms with E-state index >= 15 is 0 Å². The van der Waals surface area contributed by atoms with Gasteiger partial charge >= 0.3 is 0 Å². The first-order valence-electron chi connectivity index (χ1n) is 6.76. The zero-order chi connectivity index (χ0) is 14.1. The molecule has 1 fully saturated rings. The SMILES string of the molecule is C[C@@H]([CH]CNC(=O)CCN1CCOCC1)CC(N)=O. The molecule has 19 heavy (non-hydrogen) atoms. The van der Waals surface area contributed by atoms with E-state index in [0.29, 0.717) is 19.4 Å². The molecule has 6 nitrogen and oxygen atoms in total. The van der Waals surface area contributed by atoms with Gasteiger partial charge < -0.3 is 15.8 Å². The van der Waals surface area contributed by atoms with E-state index in [1.54, 1.807) is 0 Å². The normalized spacial score (nSPS) is 17.9. The Hall–Kier alpha value is -1.14. The van der Waals surface area contributed by atoms with Crippen LogP contribution in [0.1, 0.15) is 19.8 Å². The van der Waals surface area contributed by atoms with Gasteiger partial charge in [-0.05, 0) is 12.3 Å². The van der Waals surface area contributed by atoms with Gasteiger partial charge in [-0.2, -0.15) is 0 Å². The van der Waals surface area contributed by atoms with Gasteiger partial charge in [-0.3, -0.25) is 14.5 Å². The molecule has 0 saturated carbocycles. The Bertz CT molecular complexity index is 291. The van der Waals surface area contributed by atoms with E-state index in [-0.39, 0.29) is 17.7 Å². The molecule has 2 amide bonds. The van der Waals surface area contributed by atoms with Crippen LogP contribution in [0, 0.1) is 12.3 Å². The summed E-state index contributed by atoms with van der Waals surface area (Å²) in [5, 5.41) is 2.82. The average molecular weight is 270 g/mol. The largest absolute Gasteiger partial charge is 0.379 e. The summed E-state index contributed by atoms with van der Waals surface area (Å²) in [6, 6.07) is 0. The van der Waals surface area contributed by atoms with E-state index in [0.717, 1.165) is 32.8 Å². The number of primary amides is 1. The predicted octanol–water partition coefficient (Wildman–Crippen LogP) is -0.459. The number of nitrogens with two attached hydrogens (primary N) is 1. The van der Waals surface area contributed by atoms with Gasteiger partial charge in [0.15, 0.2) is 0 Å². The van der Waals surface area contributed by atoms with E-state index in [1.807, 2.05) is 13.3 Å². The molecule has 0 aromatic rings. The molecular formula is C13H24N3O3. The Morgan fingerprint density at radius 2 is 2.11 bits per heavy atom. The minimum absolute atomic E-state index is 0.0361. The zero-order valence-electron chi connectivity index (χ0n) is 11.6. The molecule has 0 bridgehead atoms. The van der Waals surface area contributed by atoms with Crippen LogP contribution in [0.3, 0.4) is 0 Å². The first-order valence-corrected chi connectivity index (χ1v) is 6.76. The molecule has 3 N–H and O–H groups in total. The van der Waals surface area contributed by atoms with E-state index in [9.17, 15) is 9.59 Å². The van der Waals surface area contributed by atoms with Crippen molar-refractivity contribution in [1.29, 1.82) is 0 Å². The molecule has 0 aliphatic carbocycles. The monoisotopic (exact) mass is 270 g/mol. The van der Waals surface area contributed by atoms with E-state index in [2.05, 4.69) is 10.2 Å². The third-order valence-electron chi connectivity index (χ3n) is 3.10. The summed E-state index contributed by atoms with van der Waals surface area (Å²) < 4.78 is 5.24. The molecule has 0 spiro atoms. The second-order valence-electron chi connectivity index (χ2n) is 4.89. The van der Waals surface area contributed by atoms with Crippen molar-refractivity contribution >= 4 is 11.8 Å². The number of morpholine rings is 1. The summed E-state index contributed by atoms with van der Waals surface area (Å²) >= 11 is 0.